The van der Waals surface area contributed by atoms with E-state index in [0.717, 1.165) is 12.1 Å². The van der Waals surface area contributed by atoms with Crippen molar-refractivity contribution in [2.75, 3.05) is 0 Å². The van der Waals surface area contributed by atoms with Gasteiger partial charge in [0.1, 0.15) is 0 Å². The SMILES string of the molecule is NC1(c2nc(-c3ccc(F)c(OC(F)(F)F)c3)no2)CC1. The Kier molecular flexibility index (Phi) is 2.90. The summed E-state index contributed by atoms with van der Waals surface area (Å²) >= 11 is 0. The minimum absolute atomic E-state index is 0.0220. The molecule has 1 heterocycles. The number of hydrogen-bond donors (Lipinski definition) is 1. The Morgan fingerprint density at radius 1 is 1.29 bits per heavy atom. The molecule has 3 rings (SSSR count). The predicted octanol–water partition coefficient (Wildman–Crippen LogP) is 2.72. The quantitative estimate of drug-likeness (QED) is 0.882. The molecule has 0 spiro atoms. The van der Waals surface area contributed by atoms with Crippen LogP contribution < -0.4 is 10.5 Å². The Bertz CT molecular complexity index is 679. The molecule has 1 aromatic carbocycles. The molecule has 1 aliphatic rings. The number of benzene rings is 1. The summed E-state index contributed by atoms with van der Waals surface area (Å²) < 4.78 is 58.4. The molecule has 0 atom stereocenters. The van der Waals surface area contributed by atoms with Gasteiger partial charge in [0.05, 0.1) is 5.54 Å². The summed E-state index contributed by atoms with van der Waals surface area (Å²) in [4.78, 5) is 4.02. The molecule has 0 amide bonds. The molecule has 0 bridgehead atoms. The minimum atomic E-state index is -4.99. The number of nitrogens with zero attached hydrogens (tertiary/aromatic N) is 2. The molecule has 5 nitrogen and oxygen atoms in total. The van der Waals surface area contributed by atoms with Gasteiger partial charge in [0.25, 0.3) is 0 Å². The van der Waals surface area contributed by atoms with Gasteiger partial charge in [-0.05, 0) is 31.0 Å². The van der Waals surface area contributed by atoms with E-state index in [0.29, 0.717) is 12.8 Å². The van der Waals surface area contributed by atoms with Crippen LogP contribution in [0, 0.1) is 5.82 Å². The lowest BCUT2D eigenvalue weighted by molar-refractivity contribution is -0.275. The van der Waals surface area contributed by atoms with Crippen LogP contribution in [-0.4, -0.2) is 16.5 Å². The average Bonchev–Trinajstić information content (AvgIpc) is 2.94. The van der Waals surface area contributed by atoms with Crippen LogP contribution in [0.2, 0.25) is 0 Å². The second-order valence-electron chi connectivity index (χ2n) is 4.77. The molecule has 1 aromatic heterocycles. The van der Waals surface area contributed by atoms with Gasteiger partial charge in [0, 0.05) is 5.56 Å². The molecule has 1 aliphatic carbocycles. The number of halogens is 4. The van der Waals surface area contributed by atoms with Crippen LogP contribution in [0.15, 0.2) is 22.7 Å². The summed E-state index contributed by atoms with van der Waals surface area (Å²) in [5.41, 5.74) is 5.34. The fourth-order valence-corrected chi connectivity index (χ4v) is 1.74. The van der Waals surface area contributed by atoms with Gasteiger partial charge in [-0.2, -0.15) is 4.98 Å². The molecular formula is C12H9F4N3O2. The van der Waals surface area contributed by atoms with Gasteiger partial charge in [-0.25, -0.2) is 4.39 Å². The van der Waals surface area contributed by atoms with Crippen LogP contribution in [0.5, 0.6) is 5.75 Å². The van der Waals surface area contributed by atoms with Crippen molar-refractivity contribution >= 4 is 0 Å². The van der Waals surface area contributed by atoms with Gasteiger partial charge in [0.15, 0.2) is 11.6 Å². The molecule has 2 aromatic rings. The lowest BCUT2D eigenvalue weighted by Gasteiger charge is -2.10. The average molecular weight is 303 g/mol. The third-order valence-electron chi connectivity index (χ3n) is 3.06. The number of rotatable bonds is 3. The zero-order valence-corrected chi connectivity index (χ0v) is 10.4. The first kappa shape index (κ1) is 13.8. The standard InChI is InChI=1S/C12H9F4N3O2/c13-7-2-1-6(5-8(7)20-12(14,15)16)9-18-10(21-19-9)11(17)3-4-11/h1-2,5H,3-4,17H2. The first-order valence-electron chi connectivity index (χ1n) is 5.96. The van der Waals surface area contributed by atoms with Gasteiger partial charge in [-0.3, -0.25) is 0 Å². The van der Waals surface area contributed by atoms with Gasteiger partial charge in [-0.15, -0.1) is 13.2 Å². The lowest BCUT2D eigenvalue weighted by atomic mass is 10.2. The number of ether oxygens (including phenoxy) is 1. The molecule has 112 valence electrons. The summed E-state index contributed by atoms with van der Waals surface area (Å²) in [6.07, 6.45) is -3.60. The zero-order chi connectivity index (χ0) is 15.3. The van der Waals surface area contributed by atoms with E-state index in [1.54, 1.807) is 0 Å². The number of aromatic nitrogens is 2. The minimum Gasteiger partial charge on any atom is -0.403 e. The Hall–Kier alpha value is -2.16. The van der Waals surface area contributed by atoms with E-state index >= 15 is 0 Å². The van der Waals surface area contributed by atoms with E-state index in [-0.39, 0.29) is 17.3 Å². The first-order valence-corrected chi connectivity index (χ1v) is 5.96. The predicted molar refractivity (Wildman–Crippen MR) is 61.5 cm³/mol. The number of alkyl halides is 3. The van der Waals surface area contributed by atoms with Crippen molar-refractivity contribution in [1.29, 1.82) is 0 Å². The summed E-state index contributed by atoms with van der Waals surface area (Å²) in [7, 11) is 0. The Morgan fingerprint density at radius 2 is 2.00 bits per heavy atom. The van der Waals surface area contributed by atoms with E-state index in [2.05, 4.69) is 14.9 Å². The molecule has 0 saturated heterocycles. The highest BCUT2D eigenvalue weighted by atomic mass is 19.4. The summed E-state index contributed by atoms with van der Waals surface area (Å²) in [6.45, 7) is 0. The molecule has 2 N–H and O–H groups in total. The van der Waals surface area contributed by atoms with Crippen molar-refractivity contribution in [2.24, 2.45) is 5.73 Å². The maximum absolute atomic E-state index is 13.3. The van der Waals surface area contributed by atoms with Crippen LogP contribution in [0.4, 0.5) is 17.6 Å². The fraction of sp³-hybridized carbons (Fsp3) is 0.333. The van der Waals surface area contributed by atoms with E-state index in [4.69, 9.17) is 10.3 Å². The van der Waals surface area contributed by atoms with E-state index in [9.17, 15) is 17.6 Å². The van der Waals surface area contributed by atoms with Gasteiger partial charge in [0.2, 0.25) is 11.7 Å². The van der Waals surface area contributed by atoms with Crippen LogP contribution in [0.1, 0.15) is 18.7 Å². The first-order chi connectivity index (χ1) is 9.77. The molecule has 21 heavy (non-hydrogen) atoms. The van der Waals surface area contributed by atoms with Crippen LogP contribution in [0.3, 0.4) is 0 Å². The monoisotopic (exact) mass is 303 g/mol. The molecule has 0 unspecified atom stereocenters. The second kappa shape index (κ2) is 4.42. The molecule has 1 saturated carbocycles. The molecule has 0 aliphatic heterocycles. The second-order valence-corrected chi connectivity index (χ2v) is 4.77. The van der Waals surface area contributed by atoms with E-state index < -0.39 is 23.5 Å². The Balaban J connectivity index is 1.92. The molecule has 1 fully saturated rings. The smallest absolute Gasteiger partial charge is 0.403 e. The van der Waals surface area contributed by atoms with Gasteiger partial charge in [-0.1, -0.05) is 5.16 Å². The van der Waals surface area contributed by atoms with Gasteiger partial charge < -0.3 is 15.0 Å². The lowest BCUT2D eigenvalue weighted by Crippen LogP contribution is -2.19. The third-order valence-corrected chi connectivity index (χ3v) is 3.06. The third kappa shape index (κ3) is 2.82. The van der Waals surface area contributed by atoms with Crippen molar-refractivity contribution in [3.63, 3.8) is 0 Å². The van der Waals surface area contributed by atoms with Gasteiger partial charge >= 0.3 is 6.36 Å². The highest BCUT2D eigenvalue weighted by Crippen LogP contribution is 2.42. The normalized spacial score (nSPS) is 16.8. The van der Waals surface area contributed by atoms with Crippen LogP contribution in [0.25, 0.3) is 11.4 Å². The molecule has 9 heteroatoms. The van der Waals surface area contributed by atoms with Crippen molar-refractivity contribution in [1.82, 2.24) is 10.1 Å². The molecule has 0 radical (unpaired) electrons. The number of nitrogens with two attached hydrogens (primary N) is 1. The summed E-state index contributed by atoms with van der Waals surface area (Å²) in [6, 6.07) is 2.92. The van der Waals surface area contributed by atoms with E-state index in [1.807, 2.05) is 0 Å². The van der Waals surface area contributed by atoms with Crippen molar-refractivity contribution in [3.05, 3.63) is 29.9 Å². The highest BCUT2D eigenvalue weighted by Gasteiger charge is 2.45. The Morgan fingerprint density at radius 3 is 2.62 bits per heavy atom. The number of hydrogen-bond acceptors (Lipinski definition) is 5. The Labute approximate surface area is 115 Å². The topological polar surface area (TPSA) is 74.2 Å². The van der Waals surface area contributed by atoms with Crippen molar-refractivity contribution < 1.29 is 26.8 Å². The summed E-state index contributed by atoms with van der Waals surface area (Å²) in [5, 5.41) is 3.63. The highest BCUT2D eigenvalue weighted by molar-refractivity contribution is 5.57. The van der Waals surface area contributed by atoms with Crippen LogP contribution >= 0.6 is 0 Å². The maximum atomic E-state index is 13.3. The fourth-order valence-electron chi connectivity index (χ4n) is 1.74. The van der Waals surface area contributed by atoms with Crippen molar-refractivity contribution in [2.45, 2.75) is 24.7 Å². The van der Waals surface area contributed by atoms with Crippen molar-refractivity contribution in [3.8, 4) is 17.1 Å². The zero-order valence-electron chi connectivity index (χ0n) is 10.4. The largest absolute Gasteiger partial charge is 0.573 e. The maximum Gasteiger partial charge on any atom is 0.573 e. The molecular weight excluding hydrogens is 294 g/mol. The van der Waals surface area contributed by atoms with Crippen LogP contribution in [-0.2, 0) is 5.54 Å². The summed E-state index contributed by atoms with van der Waals surface area (Å²) in [5.74, 6) is -1.87. The van der Waals surface area contributed by atoms with E-state index in [1.165, 1.54) is 6.07 Å².